The van der Waals surface area contributed by atoms with Crippen LogP contribution in [0.4, 0.5) is 0 Å². The minimum atomic E-state index is -0.0131. The lowest BCUT2D eigenvalue weighted by Crippen LogP contribution is -2.54. The maximum atomic E-state index is 11.9. The molecule has 4 aliphatic carbocycles. The first-order chi connectivity index (χ1) is 15.2. The van der Waals surface area contributed by atoms with Crippen LogP contribution in [0.15, 0.2) is 0 Å². The number of halogens is 1. The van der Waals surface area contributed by atoms with Crippen molar-refractivity contribution < 1.29 is 9.53 Å². The van der Waals surface area contributed by atoms with Crippen molar-refractivity contribution >= 4 is 28.6 Å². The lowest BCUT2D eigenvalue weighted by atomic mass is 9.44. The first-order valence-corrected chi connectivity index (χ1v) is 15.5. The molecule has 0 heterocycles. The van der Waals surface area contributed by atoms with Crippen LogP contribution in [0, 0.1) is 52.3 Å². The molecule has 0 aromatic heterocycles. The zero-order valence-corrected chi connectivity index (χ0v) is 23.7. The van der Waals surface area contributed by atoms with E-state index in [1.54, 1.807) is 0 Å². The standard InChI is InChI=1S/C29H49IO2/c1-19(2)7-6-8-20(3)24-11-12-25-23-10-9-21-17-22(32-27(31)18-30)13-15-28(21,4)26(23)14-16-29(24,25)5/h19-26H,6-18H2,1-5H3/t20-,21+,22-,23+,24+,25-,26+,28+,29-/m1/s1. The minimum absolute atomic E-state index is 0.0131. The van der Waals surface area contributed by atoms with E-state index in [9.17, 15) is 4.79 Å². The molecule has 0 unspecified atom stereocenters. The van der Waals surface area contributed by atoms with E-state index in [-0.39, 0.29) is 12.1 Å². The Morgan fingerprint density at radius 2 is 1.66 bits per heavy atom. The molecule has 4 rings (SSSR count). The van der Waals surface area contributed by atoms with Gasteiger partial charge in [0.25, 0.3) is 0 Å². The lowest BCUT2D eigenvalue weighted by Gasteiger charge is -2.61. The van der Waals surface area contributed by atoms with Crippen molar-refractivity contribution in [2.24, 2.45) is 52.3 Å². The van der Waals surface area contributed by atoms with Crippen molar-refractivity contribution in [3.8, 4) is 0 Å². The van der Waals surface area contributed by atoms with E-state index in [4.69, 9.17) is 4.74 Å². The fourth-order valence-electron chi connectivity index (χ4n) is 9.57. The van der Waals surface area contributed by atoms with Gasteiger partial charge in [0.1, 0.15) is 6.10 Å². The number of esters is 1. The van der Waals surface area contributed by atoms with E-state index in [1.807, 2.05) is 0 Å². The molecule has 0 saturated heterocycles. The van der Waals surface area contributed by atoms with Crippen LogP contribution in [0.25, 0.3) is 0 Å². The second-order valence-corrected chi connectivity index (χ2v) is 14.0. The SMILES string of the molecule is CC(C)CCC[C@@H](C)[C@@H]1CC[C@@H]2[C@@H]3CC[C@H]4C[C@H](OC(=O)CI)CC[C@]4(C)[C@H]3CC[C@@]21C. The van der Waals surface area contributed by atoms with Crippen LogP contribution in [0.1, 0.15) is 112 Å². The van der Waals surface area contributed by atoms with E-state index in [0.717, 1.165) is 54.3 Å². The van der Waals surface area contributed by atoms with Crippen molar-refractivity contribution in [2.45, 2.75) is 118 Å². The molecule has 0 aromatic rings. The molecule has 0 N–H and O–H groups in total. The predicted molar refractivity (Wildman–Crippen MR) is 142 cm³/mol. The summed E-state index contributed by atoms with van der Waals surface area (Å²) in [6.45, 7) is 12.7. The monoisotopic (exact) mass is 556 g/mol. The number of hydrogen-bond acceptors (Lipinski definition) is 2. The van der Waals surface area contributed by atoms with Gasteiger partial charge in [-0.15, -0.1) is 0 Å². The third kappa shape index (κ3) is 4.68. The third-order valence-corrected chi connectivity index (χ3v) is 11.8. The van der Waals surface area contributed by atoms with Crippen LogP contribution in [-0.4, -0.2) is 16.5 Å². The number of ether oxygens (including phenoxy) is 1. The van der Waals surface area contributed by atoms with E-state index < -0.39 is 0 Å². The predicted octanol–water partition coefficient (Wildman–Crippen LogP) is 8.45. The molecule has 0 aliphatic heterocycles. The molecule has 4 fully saturated rings. The molecule has 4 saturated carbocycles. The number of rotatable bonds is 7. The second kappa shape index (κ2) is 10.1. The topological polar surface area (TPSA) is 26.3 Å². The summed E-state index contributed by atoms with van der Waals surface area (Å²) in [5.41, 5.74) is 1.08. The fraction of sp³-hybridized carbons (Fsp3) is 0.966. The van der Waals surface area contributed by atoms with E-state index in [0.29, 0.717) is 15.3 Å². The smallest absolute Gasteiger partial charge is 0.316 e. The molecular weight excluding hydrogens is 507 g/mol. The average Bonchev–Trinajstić information content (AvgIpc) is 3.11. The fourth-order valence-corrected chi connectivity index (χ4v) is 9.75. The molecular formula is C29H49IO2. The van der Waals surface area contributed by atoms with E-state index in [2.05, 4.69) is 57.2 Å². The zero-order chi connectivity index (χ0) is 23.1. The molecule has 3 heteroatoms. The highest BCUT2D eigenvalue weighted by atomic mass is 127. The van der Waals surface area contributed by atoms with Gasteiger partial charge in [-0.1, -0.05) is 76.5 Å². The molecule has 0 aromatic carbocycles. The molecule has 32 heavy (non-hydrogen) atoms. The Balaban J connectivity index is 1.42. The molecule has 9 atom stereocenters. The molecule has 184 valence electrons. The largest absolute Gasteiger partial charge is 0.462 e. The molecule has 2 nitrogen and oxygen atoms in total. The normalized spacial score (nSPS) is 44.5. The highest BCUT2D eigenvalue weighted by molar-refractivity contribution is 14.1. The number of carbonyl (C=O) groups excluding carboxylic acids is 1. The number of carbonyl (C=O) groups is 1. The average molecular weight is 557 g/mol. The maximum Gasteiger partial charge on any atom is 0.316 e. The Labute approximate surface area is 211 Å². The van der Waals surface area contributed by atoms with Crippen molar-refractivity contribution in [3.05, 3.63) is 0 Å². The van der Waals surface area contributed by atoms with Crippen LogP contribution in [-0.2, 0) is 9.53 Å². The van der Waals surface area contributed by atoms with Gasteiger partial charge >= 0.3 is 5.97 Å². The molecule has 0 radical (unpaired) electrons. The van der Waals surface area contributed by atoms with E-state index >= 15 is 0 Å². The second-order valence-electron chi connectivity index (χ2n) is 13.2. The minimum Gasteiger partial charge on any atom is -0.462 e. The van der Waals surface area contributed by atoms with Crippen LogP contribution < -0.4 is 0 Å². The highest BCUT2D eigenvalue weighted by Gasteiger charge is 2.60. The number of alkyl halides is 1. The van der Waals surface area contributed by atoms with E-state index in [1.165, 1.54) is 64.2 Å². The summed E-state index contributed by atoms with van der Waals surface area (Å²) in [7, 11) is 0. The first-order valence-electron chi connectivity index (χ1n) is 13.9. The van der Waals surface area contributed by atoms with Crippen LogP contribution in [0.5, 0.6) is 0 Å². The number of hydrogen-bond donors (Lipinski definition) is 0. The Morgan fingerprint density at radius 3 is 2.38 bits per heavy atom. The Kier molecular flexibility index (Phi) is 7.95. The van der Waals surface area contributed by atoms with Gasteiger partial charge in [0.15, 0.2) is 0 Å². The molecule has 0 amide bonds. The molecule has 4 aliphatic rings. The first kappa shape index (κ1) is 25.3. The Morgan fingerprint density at radius 1 is 0.938 bits per heavy atom. The quantitative estimate of drug-likeness (QED) is 0.179. The molecule has 0 spiro atoms. The van der Waals surface area contributed by atoms with Crippen molar-refractivity contribution in [1.82, 2.24) is 0 Å². The van der Waals surface area contributed by atoms with Gasteiger partial charge in [-0.25, -0.2) is 0 Å². The summed E-state index contributed by atoms with van der Waals surface area (Å²) in [4.78, 5) is 11.9. The summed E-state index contributed by atoms with van der Waals surface area (Å²) in [5, 5.41) is 0. The summed E-state index contributed by atoms with van der Waals surface area (Å²) >= 11 is 2.13. The molecule has 0 bridgehead atoms. The summed E-state index contributed by atoms with van der Waals surface area (Å²) in [5.74, 6) is 6.28. The van der Waals surface area contributed by atoms with Crippen molar-refractivity contribution in [3.63, 3.8) is 0 Å². The summed E-state index contributed by atoms with van der Waals surface area (Å²) < 4.78 is 6.28. The maximum absolute atomic E-state index is 11.9. The van der Waals surface area contributed by atoms with Gasteiger partial charge in [0.2, 0.25) is 0 Å². The summed E-state index contributed by atoms with van der Waals surface area (Å²) in [6.07, 6.45) is 16.6. The van der Waals surface area contributed by atoms with Gasteiger partial charge in [-0.05, 0) is 110 Å². The van der Waals surface area contributed by atoms with Gasteiger partial charge < -0.3 is 4.74 Å². The van der Waals surface area contributed by atoms with Gasteiger partial charge in [0, 0.05) is 0 Å². The Bertz CT molecular complexity index is 662. The van der Waals surface area contributed by atoms with Crippen LogP contribution >= 0.6 is 22.6 Å². The van der Waals surface area contributed by atoms with Crippen LogP contribution in [0.2, 0.25) is 0 Å². The lowest BCUT2D eigenvalue weighted by molar-refractivity contribution is -0.159. The van der Waals surface area contributed by atoms with Crippen LogP contribution in [0.3, 0.4) is 0 Å². The highest BCUT2D eigenvalue weighted by Crippen LogP contribution is 2.68. The summed E-state index contributed by atoms with van der Waals surface area (Å²) in [6, 6.07) is 0. The van der Waals surface area contributed by atoms with Gasteiger partial charge in [-0.2, -0.15) is 0 Å². The zero-order valence-electron chi connectivity index (χ0n) is 21.5. The van der Waals surface area contributed by atoms with Gasteiger partial charge in [-0.3, -0.25) is 4.79 Å². The van der Waals surface area contributed by atoms with Crippen molar-refractivity contribution in [1.29, 1.82) is 0 Å². The third-order valence-electron chi connectivity index (χ3n) is 11.2. The Hall–Kier alpha value is 0.200. The number of fused-ring (bicyclic) bond motifs is 5. The van der Waals surface area contributed by atoms with Gasteiger partial charge in [0.05, 0.1) is 4.43 Å². The van der Waals surface area contributed by atoms with Crippen molar-refractivity contribution in [2.75, 3.05) is 4.43 Å².